The third-order valence-electron chi connectivity index (χ3n) is 3.55. The highest BCUT2D eigenvalue weighted by Gasteiger charge is 2.28. The van der Waals surface area contributed by atoms with Crippen molar-refractivity contribution in [3.63, 3.8) is 0 Å². The van der Waals surface area contributed by atoms with Gasteiger partial charge in [0.1, 0.15) is 5.82 Å². The molecule has 2 unspecified atom stereocenters. The van der Waals surface area contributed by atoms with Crippen molar-refractivity contribution in [2.45, 2.75) is 31.3 Å². The topological polar surface area (TPSA) is 33.1 Å². The molecule has 1 aliphatic rings. The molecule has 2 aromatic rings. The van der Waals surface area contributed by atoms with Crippen LogP contribution in [0.4, 0.5) is 4.39 Å². The Labute approximate surface area is 109 Å². The molecule has 0 saturated heterocycles. The average molecular weight is 263 g/mol. The van der Waals surface area contributed by atoms with E-state index in [1.807, 2.05) is 0 Å². The van der Waals surface area contributed by atoms with E-state index in [-0.39, 0.29) is 5.92 Å². The summed E-state index contributed by atoms with van der Waals surface area (Å²) in [4.78, 5) is 5.17. The Bertz CT molecular complexity index is 554. The highest BCUT2D eigenvalue weighted by Crippen LogP contribution is 2.42. The zero-order valence-corrected chi connectivity index (χ0v) is 10.7. The van der Waals surface area contributed by atoms with Gasteiger partial charge in [-0.25, -0.2) is 4.39 Å². The molecule has 1 aliphatic carbocycles. The summed E-state index contributed by atoms with van der Waals surface area (Å²) in [5.41, 5.74) is 1.79. The van der Waals surface area contributed by atoms with Crippen molar-refractivity contribution in [3.8, 4) is 0 Å². The minimum Gasteiger partial charge on any atom is -0.388 e. The molecule has 4 heteroatoms. The number of pyridine rings is 1. The molecular weight excluding hydrogens is 249 g/mol. The monoisotopic (exact) mass is 263 g/mol. The van der Waals surface area contributed by atoms with Crippen LogP contribution in [0, 0.1) is 5.82 Å². The van der Waals surface area contributed by atoms with Gasteiger partial charge in [0, 0.05) is 22.6 Å². The number of hydrogen-bond acceptors (Lipinski definition) is 3. The van der Waals surface area contributed by atoms with E-state index in [0.717, 1.165) is 25.5 Å². The SMILES string of the molecule is OC(c1cncc(F)c1)C1CCCc2sccc21. The summed E-state index contributed by atoms with van der Waals surface area (Å²) < 4.78 is 13.2. The first kappa shape index (κ1) is 11.8. The molecule has 1 N–H and O–H groups in total. The summed E-state index contributed by atoms with van der Waals surface area (Å²) in [6.07, 6.45) is 5.17. The lowest BCUT2D eigenvalue weighted by Gasteiger charge is -2.27. The minimum absolute atomic E-state index is 0.0728. The van der Waals surface area contributed by atoms with Crippen LogP contribution in [0.25, 0.3) is 0 Å². The number of hydrogen-bond donors (Lipinski definition) is 1. The Kier molecular flexibility index (Phi) is 3.14. The Morgan fingerprint density at radius 2 is 2.33 bits per heavy atom. The zero-order valence-electron chi connectivity index (χ0n) is 9.84. The number of aryl methyl sites for hydroxylation is 1. The Morgan fingerprint density at radius 1 is 1.44 bits per heavy atom. The largest absolute Gasteiger partial charge is 0.388 e. The fourth-order valence-corrected chi connectivity index (χ4v) is 3.67. The van der Waals surface area contributed by atoms with E-state index in [1.54, 1.807) is 17.5 Å². The molecule has 0 fully saturated rings. The summed E-state index contributed by atoms with van der Waals surface area (Å²) in [7, 11) is 0. The van der Waals surface area contributed by atoms with E-state index >= 15 is 0 Å². The maximum Gasteiger partial charge on any atom is 0.141 e. The molecule has 0 radical (unpaired) electrons. The highest BCUT2D eigenvalue weighted by atomic mass is 32.1. The second-order valence-corrected chi connectivity index (χ2v) is 5.68. The molecule has 0 bridgehead atoms. The lowest BCUT2D eigenvalue weighted by atomic mass is 9.82. The molecule has 2 atom stereocenters. The zero-order chi connectivity index (χ0) is 12.5. The molecule has 0 aromatic carbocycles. The smallest absolute Gasteiger partial charge is 0.141 e. The molecule has 0 amide bonds. The third-order valence-corrected chi connectivity index (χ3v) is 4.54. The van der Waals surface area contributed by atoms with Crippen molar-refractivity contribution in [2.24, 2.45) is 0 Å². The fourth-order valence-electron chi connectivity index (χ4n) is 2.67. The summed E-state index contributed by atoms with van der Waals surface area (Å²) in [5.74, 6) is -0.323. The number of halogens is 1. The molecule has 2 heterocycles. The van der Waals surface area contributed by atoms with Gasteiger partial charge in [-0.2, -0.15) is 0 Å². The van der Waals surface area contributed by atoms with Gasteiger partial charge in [-0.3, -0.25) is 4.98 Å². The third kappa shape index (κ3) is 2.06. The van der Waals surface area contributed by atoms with E-state index in [4.69, 9.17) is 0 Å². The number of nitrogens with zero attached hydrogens (tertiary/aromatic N) is 1. The Morgan fingerprint density at radius 3 is 3.17 bits per heavy atom. The molecule has 94 valence electrons. The normalized spacial score (nSPS) is 20.4. The lowest BCUT2D eigenvalue weighted by molar-refractivity contribution is 0.135. The molecule has 0 spiro atoms. The number of thiophene rings is 1. The van der Waals surface area contributed by atoms with E-state index < -0.39 is 11.9 Å². The van der Waals surface area contributed by atoms with Crippen molar-refractivity contribution in [2.75, 3.05) is 0 Å². The molecule has 3 rings (SSSR count). The Balaban J connectivity index is 1.93. The molecule has 18 heavy (non-hydrogen) atoms. The number of fused-ring (bicyclic) bond motifs is 1. The maximum atomic E-state index is 13.2. The summed E-state index contributed by atoms with van der Waals surface area (Å²) >= 11 is 1.74. The molecule has 0 aliphatic heterocycles. The molecule has 2 nitrogen and oxygen atoms in total. The molecular formula is C14H14FNOS. The van der Waals surface area contributed by atoms with Crippen molar-refractivity contribution in [1.82, 2.24) is 4.98 Å². The van der Waals surface area contributed by atoms with Crippen LogP contribution in [-0.2, 0) is 6.42 Å². The minimum atomic E-state index is -0.665. The van der Waals surface area contributed by atoms with E-state index in [1.165, 1.54) is 16.5 Å². The number of aliphatic hydroxyl groups excluding tert-OH is 1. The van der Waals surface area contributed by atoms with Crippen molar-refractivity contribution >= 4 is 11.3 Å². The first-order chi connectivity index (χ1) is 8.75. The van der Waals surface area contributed by atoms with Gasteiger partial charge in [-0.05, 0) is 42.3 Å². The van der Waals surface area contributed by atoms with Crippen molar-refractivity contribution in [1.29, 1.82) is 0 Å². The second-order valence-electron chi connectivity index (χ2n) is 4.68. The van der Waals surface area contributed by atoms with Gasteiger partial charge in [0.2, 0.25) is 0 Å². The fraction of sp³-hybridized carbons (Fsp3) is 0.357. The summed E-state index contributed by atoms with van der Waals surface area (Å²) in [6.45, 7) is 0. The van der Waals surface area contributed by atoms with Gasteiger partial charge >= 0.3 is 0 Å². The van der Waals surface area contributed by atoms with Crippen LogP contribution in [0.15, 0.2) is 29.9 Å². The predicted molar refractivity (Wildman–Crippen MR) is 69.2 cm³/mol. The van der Waals surface area contributed by atoms with Gasteiger partial charge in [0.25, 0.3) is 0 Å². The average Bonchev–Trinajstić information content (AvgIpc) is 2.86. The van der Waals surface area contributed by atoms with Gasteiger partial charge in [-0.1, -0.05) is 0 Å². The number of rotatable bonds is 2. The van der Waals surface area contributed by atoms with E-state index in [0.29, 0.717) is 5.56 Å². The molecule has 2 aromatic heterocycles. The first-order valence-corrected chi connectivity index (χ1v) is 6.98. The van der Waals surface area contributed by atoms with Gasteiger partial charge < -0.3 is 5.11 Å². The molecule has 0 saturated carbocycles. The van der Waals surface area contributed by atoms with E-state index in [2.05, 4.69) is 16.4 Å². The van der Waals surface area contributed by atoms with Gasteiger partial charge in [0.15, 0.2) is 0 Å². The van der Waals surface area contributed by atoms with Crippen LogP contribution in [0.3, 0.4) is 0 Å². The summed E-state index contributed by atoms with van der Waals surface area (Å²) in [5, 5.41) is 12.5. The van der Waals surface area contributed by atoms with Gasteiger partial charge in [-0.15, -0.1) is 11.3 Å². The van der Waals surface area contributed by atoms with Crippen LogP contribution in [0.1, 0.15) is 40.9 Å². The van der Waals surface area contributed by atoms with Crippen LogP contribution < -0.4 is 0 Å². The first-order valence-electron chi connectivity index (χ1n) is 6.10. The van der Waals surface area contributed by atoms with Crippen LogP contribution in [-0.4, -0.2) is 10.1 Å². The Hall–Kier alpha value is -1.26. The number of aliphatic hydroxyl groups is 1. The van der Waals surface area contributed by atoms with Gasteiger partial charge in [0.05, 0.1) is 12.3 Å². The van der Waals surface area contributed by atoms with Crippen molar-refractivity contribution < 1.29 is 9.50 Å². The highest BCUT2D eigenvalue weighted by molar-refractivity contribution is 7.10. The lowest BCUT2D eigenvalue weighted by Crippen LogP contribution is -2.16. The van der Waals surface area contributed by atoms with Crippen LogP contribution in [0.5, 0.6) is 0 Å². The quantitative estimate of drug-likeness (QED) is 0.900. The number of aromatic nitrogens is 1. The van der Waals surface area contributed by atoms with Crippen LogP contribution >= 0.6 is 11.3 Å². The second kappa shape index (κ2) is 4.78. The van der Waals surface area contributed by atoms with Crippen molar-refractivity contribution in [3.05, 3.63) is 51.7 Å². The summed E-state index contributed by atoms with van der Waals surface area (Å²) in [6, 6.07) is 3.46. The predicted octanol–water partition coefficient (Wildman–Crippen LogP) is 3.44. The standard InChI is InChI=1S/C14H14FNOS/c15-10-6-9(7-16-8-10)14(17)12-2-1-3-13-11(12)4-5-18-13/h4-8,12,14,17H,1-3H2. The van der Waals surface area contributed by atoms with E-state index in [9.17, 15) is 9.50 Å². The van der Waals surface area contributed by atoms with Crippen LogP contribution in [0.2, 0.25) is 0 Å². The maximum absolute atomic E-state index is 13.2.